The standard InChI is InChI=1S/C7H14O.C6H12O.C2H6/c1-3-4-5-6-7(2)8;1-5(7)6(2,3)4;1-2/h3-6H2,1-2H3;1-4H3;1-2H3. The van der Waals surface area contributed by atoms with Gasteiger partial charge in [0.05, 0.1) is 0 Å². The van der Waals surface area contributed by atoms with Crippen LogP contribution in [0.3, 0.4) is 0 Å². The van der Waals surface area contributed by atoms with Crippen LogP contribution in [0.25, 0.3) is 0 Å². The zero-order valence-electron chi connectivity index (χ0n) is 13.1. The average molecular weight is 244 g/mol. The maximum Gasteiger partial charge on any atom is 0.135 e. The maximum atomic E-state index is 10.5. The van der Waals surface area contributed by atoms with Gasteiger partial charge in [-0.05, 0) is 20.3 Å². The minimum atomic E-state index is -0.139. The summed E-state index contributed by atoms with van der Waals surface area (Å²) in [5, 5.41) is 0. The Labute approximate surface area is 108 Å². The summed E-state index contributed by atoms with van der Waals surface area (Å²) in [7, 11) is 0. The van der Waals surface area contributed by atoms with Crippen LogP contribution in [-0.4, -0.2) is 11.6 Å². The molecule has 0 unspecified atom stereocenters. The Bertz CT molecular complexity index is 188. The number of Topliss-reactive ketones (excluding diaryl/α,β-unsaturated/α-hetero) is 2. The molecule has 2 heteroatoms. The van der Waals surface area contributed by atoms with Crippen molar-refractivity contribution in [3.8, 4) is 0 Å². The molecule has 0 aliphatic heterocycles. The summed E-state index contributed by atoms with van der Waals surface area (Å²) in [4.78, 5) is 20.8. The van der Waals surface area contributed by atoms with Crippen molar-refractivity contribution in [1.82, 2.24) is 0 Å². The monoisotopic (exact) mass is 244 g/mol. The van der Waals surface area contributed by atoms with E-state index in [1.54, 1.807) is 13.8 Å². The first kappa shape index (κ1) is 21.6. The van der Waals surface area contributed by atoms with Gasteiger partial charge in [0.15, 0.2) is 0 Å². The lowest BCUT2D eigenvalue weighted by Crippen LogP contribution is -2.15. The maximum absolute atomic E-state index is 10.5. The van der Waals surface area contributed by atoms with E-state index in [-0.39, 0.29) is 11.2 Å². The van der Waals surface area contributed by atoms with Crippen molar-refractivity contribution < 1.29 is 9.59 Å². The summed E-state index contributed by atoms with van der Waals surface area (Å²) >= 11 is 0. The van der Waals surface area contributed by atoms with Crippen molar-refractivity contribution in [3.63, 3.8) is 0 Å². The largest absolute Gasteiger partial charge is 0.300 e. The van der Waals surface area contributed by atoms with Crippen LogP contribution in [0, 0.1) is 5.41 Å². The van der Waals surface area contributed by atoms with E-state index < -0.39 is 0 Å². The van der Waals surface area contributed by atoms with Crippen LogP contribution >= 0.6 is 0 Å². The van der Waals surface area contributed by atoms with E-state index in [4.69, 9.17) is 0 Å². The predicted molar refractivity (Wildman–Crippen MR) is 76.3 cm³/mol. The fourth-order valence-electron chi connectivity index (χ4n) is 0.624. The molecule has 0 aromatic carbocycles. The van der Waals surface area contributed by atoms with Gasteiger partial charge in [-0.3, -0.25) is 4.79 Å². The molecule has 0 spiro atoms. The van der Waals surface area contributed by atoms with Gasteiger partial charge in [0.1, 0.15) is 11.6 Å². The van der Waals surface area contributed by atoms with Crippen molar-refractivity contribution in [3.05, 3.63) is 0 Å². The molecule has 17 heavy (non-hydrogen) atoms. The smallest absolute Gasteiger partial charge is 0.135 e. The quantitative estimate of drug-likeness (QED) is 0.665. The summed E-state index contributed by atoms with van der Waals surface area (Å²) in [6.07, 6.45) is 4.24. The normalized spacial score (nSPS) is 9.41. The van der Waals surface area contributed by atoms with E-state index in [2.05, 4.69) is 6.92 Å². The van der Waals surface area contributed by atoms with Crippen LogP contribution in [-0.2, 0) is 9.59 Å². The molecular weight excluding hydrogens is 212 g/mol. The Morgan fingerprint density at radius 1 is 0.941 bits per heavy atom. The molecular formula is C15H32O2. The molecule has 0 saturated heterocycles. The Balaban J connectivity index is -0.000000202. The number of hydrogen-bond donors (Lipinski definition) is 0. The highest BCUT2D eigenvalue weighted by molar-refractivity contribution is 5.80. The summed E-state index contributed by atoms with van der Waals surface area (Å²) in [5.74, 6) is 0.561. The Kier molecular flexibility index (Phi) is 17.0. The predicted octanol–water partition coefficient (Wildman–Crippen LogP) is 4.80. The lowest BCUT2D eigenvalue weighted by Gasteiger charge is -2.11. The highest BCUT2D eigenvalue weighted by Gasteiger charge is 2.14. The van der Waals surface area contributed by atoms with E-state index in [9.17, 15) is 9.59 Å². The first-order chi connectivity index (χ1) is 7.71. The molecule has 0 rings (SSSR count). The third-order valence-corrected chi connectivity index (χ3v) is 2.19. The van der Waals surface area contributed by atoms with Crippen LogP contribution in [0.5, 0.6) is 0 Å². The second kappa shape index (κ2) is 13.4. The minimum Gasteiger partial charge on any atom is -0.300 e. The van der Waals surface area contributed by atoms with Crippen LogP contribution in [0.2, 0.25) is 0 Å². The van der Waals surface area contributed by atoms with E-state index >= 15 is 0 Å². The van der Waals surface area contributed by atoms with E-state index in [1.807, 2.05) is 34.6 Å². The third-order valence-electron chi connectivity index (χ3n) is 2.19. The summed E-state index contributed by atoms with van der Waals surface area (Å²) in [5.41, 5.74) is -0.139. The number of rotatable bonds is 4. The molecule has 0 heterocycles. The van der Waals surface area contributed by atoms with Gasteiger partial charge >= 0.3 is 0 Å². The summed E-state index contributed by atoms with van der Waals surface area (Å²) < 4.78 is 0. The first-order valence-corrected chi connectivity index (χ1v) is 6.72. The fourth-order valence-corrected chi connectivity index (χ4v) is 0.624. The van der Waals surface area contributed by atoms with Gasteiger partial charge in [0, 0.05) is 11.8 Å². The molecule has 0 fully saturated rings. The Hall–Kier alpha value is -0.660. The van der Waals surface area contributed by atoms with Crippen molar-refractivity contribution in [2.24, 2.45) is 5.41 Å². The van der Waals surface area contributed by atoms with Crippen molar-refractivity contribution in [2.75, 3.05) is 0 Å². The number of carbonyl (C=O) groups excluding carboxylic acids is 2. The van der Waals surface area contributed by atoms with Gasteiger partial charge in [0.2, 0.25) is 0 Å². The lowest BCUT2D eigenvalue weighted by atomic mass is 9.92. The van der Waals surface area contributed by atoms with Crippen LogP contribution < -0.4 is 0 Å². The topological polar surface area (TPSA) is 34.1 Å². The zero-order chi connectivity index (χ0) is 14.5. The van der Waals surface area contributed by atoms with E-state index in [1.165, 1.54) is 12.8 Å². The second-order valence-electron chi connectivity index (χ2n) is 4.97. The fraction of sp³-hybridized carbons (Fsp3) is 0.867. The van der Waals surface area contributed by atoms with Crippen LogP contribution in [0.15, 0.2) is 0 Å². The lowest BCUT2D eigenvalue weighted by molar-refractivity contribution is -0.124. The number of ketones is 2. The van der Waals surface area contributed by atoms with Crippen LogP contribution in [0.1, 0.15) is 81.1 Å². The number of carbonyl (C=O) groups is 2. The van der Waals surface area contributed by atoms with Gasteiger partial charge in [0.25, 0.3) is 0 Å². The number of unbranched alkanes of at least 4 members (excludes halogenated alkanes) is 2. The Morgan fingerprint density at radius 3 is 1.47 bits per heavy atom. The highest BCUT2D eigenvalue weighted by atomic mass is 16.1. The molecule has 104 valence electrons. The van der Waals surface area contributed by atoms with E-state index in [0.717, 1.165) is 12.8 Å². The molecule has 0 aliphatic rings. The number of hydrogen-bond acceptors (Lipinski definition) is 2. The van der Waals surface area contributed by atoms with Gasteiger partial charge in [-0.2, -0.15) is 0 Å². The average Bonchev–Trinajstić information content (AvgIpc) is 2.20. The third kappa shape index (κ3) is 25.5. The van der Waals surface area contributed by atoms with Crippen molar-refractivity contribution in [1.29, 1.82) is 0 Å². The highest BCUT2D eigenvalue weighted by Crippen LogP contribution is 2.12. The molecule has 0 radical (unpaired) electrons. The molecule has 0 aromatic rings. The molecule has 0 atom stereocenters. The second-order valence-corrected chi connectivity index (χ2v) is 4.97. The molecule has 0 bridgehead atoms. The van der Waals surface area contributed by atoms with Crippen molar-refractivity contribution in [2.45, 2.75) is 81.1 Å². The Morgan fingerprint density at radius 2 is 1.29 bits per heavy atom. The molecule has 2 nitrogen and oxygen atoms in total. The molecule has 0 aliphatic carbocycles. The van der Waals surface area contributed by atoms with Gasteiger partial charge < -0.3 is 4.79 Å². The van der Waals surface area contributed by atoms with Crippen LogP contribution in [0.4, 0.5) is 0 Å². The summed E-state index contributed by atoms with van der Waals surface area (Å²) in [6, 6.07) is 0. The molecule has 0 amide bonds. The minimum absolute atomic E-state index is 0.139. The van der Waals surface area contributed by atoms with E-state index in [0.29, 0.717) is 5.78 Å². The molecule has 0 saturated carbocycles. The van der Waals surface area contributed by atoms with Gasteiger partial charge in [-0.15, -0.1) is 0 Å². The zero-order valence-corrected chi connectivity index (χ0v) is 13.1. The SMILES string of the molecule is CC.CC(=O)C(C)(C)C.CCCCCC(C)=O. The first-order valence-electron chi connectivity index (χ1n) is 6.72. The molecule has 0 aromatic heterocycles. The van der Waals surface area contributed by atoms with Crippen molar-refractivity contribution >= 4 is 11.6 Å². The van der Waals surface area contributed by atoms with Gasteiger partial charge in [-0.1, -0.05) is 54.4 Å². The summed E-state index contributed by atoms with van der Waals surface area (Å²) in [6.45, 7) is 15.1. The van der Waals surface area contributed by atoms with Gasteiger partial charge in [-0.25, -0.2) is 0 Å². The molecule has 0 N–H and O–H groups in total.